The quantitative estimate of drug-likeness (QED) is 0.286. The molecule has 4 aliphatic rings. The summed E-state index contributed by atoms with van der Waals surface area (Å²) in [5, 5.41) is 3.76. The van der Waals surface area contributed by atoms with Gasteiger partial charge in [-0.3, -0.25) is 19.3 Å². The standard InChI is InChI=1S/C29H42N4O8/c1-20(2)28(37)39-18-21-16-32(15-14-31(21)17-27(36)41-33-13-7-10-26(33)35)25(34)11-12-30-29(38)40-19-24-22-8-5-3-4-6-9-23(22)24/h20-24H,5-19H2,1-2H3,(H,30,38)/t21?,22-,23+,24?. The van der Waals surface area contributed by atoms with Crippen LogP contribution in [0, 0.1) is 35.5 Å². The molecule has 12 heteroatoms. The van der Waals surface area contributed by atoms with Crippen molar-refractivity contribution in [1.82, 2.24) is 20.2 Å². The van der Waals surface area contributed by atoms with Gasteiger partial charge in [-0.05, 0) is 37.0 Å². The Kier molecular flexibility index (Phi) is 10.9. The maximum atomic E-state index is 12.9. The number of ether oxygens (including phenoxy) is 2. The largest absolute Gasteiger partial charge is 0.464 e. The lowest BCUT2D eigenvalue weighted by Crippen LogP contribution is -2.58. The summed E-state index contributed by atoms with van der Waals surface area (Å²) in [5.41, 5.74) is 0. The minimum atomic E-state index is -0.576. The number of carbonyl (C=O) groups is 5. The first-order chi connectivity index (χ1) is 19.7. The van der Waals surface area contributed by atoms with Crippen LogP contribution >= 0.6 is 0 Å². The van der Waals surface area contributed by atoms with Crippen molar-refractivity contribution < 1.29 is 38.3 Å². The first-order valence-corrected chi connectivity index (χ1v) is 14.8. The molecule has 2 unspecified atom stereocenters. The predicted octanol–water partition coefficient (Wildman–Crippen LogP) is 1.33. The molecule has 226 valence electrons. The number of amides is 3. The Morgan fingerprint density at radius 2 is 1.73 bits per heavy atom. The summed E-state index contributed by atoms with van der Waals surface area (Å²) in [7, 11) is 0. The normalized spacial score (nSPS) is 25.8. The number of carbonyl (C=O) groups excluding carboxylic acids is 5. The van der Waals surface area contributed by atoms with Crippen LogP contribution in [-0.2, 0) is 33.5 Å². The van der Waals surface area contributed by atoms with E-state index in [2.05, 4.69) is 17.2 Å². The highest BCUT2D eigenvalue weighted by molar-refractivity contribution is 5.80. The Labute approximate surface area is 241 Å². The van der Waals surface area contributed by atoms with E-state index in [1.54, 1.807) is 23.6 Å². The molecule has 0 radical (unpaired) electrons. The lowest BCUT2D eigenvalue weighted by molar-refractivity contribution is -0.194. The Hall–Kier alpha value is -3.33. The van der Waals surface area contributed by atoms with E-state index in [1.807, 2.05) is 0 Å². The fourth-order valence-corrected chi connectivity index (χ4v) is 5.80. The van der Waals surface area contributed by atoms with Crippen LogP contribution in [0.15, 0.2) is 0 Å². The van der Waals surface area contributed by atoms with Gasteiger partial charge in [0.2, 0.25) is 5.91 Å². The molecule has 4 rings (SSSR count). The van der Waals surface area contributed by atoms with E-state index in [4.69, 9.17) is 14.3 Å². The number of nitrogens with zero attached hydrogens (tertiary/aromatic N) is 3. The van der Waals surface area contributed by atoms with Crippen LogP contribution in [0.25, 0.3) is 0 Å². The van der Waals surface area contributed by atoms with E-state index in [0.29, 0.717) is 56.8 Å². The third-order valence-electron chi connectivity index (χ3n) is 8.28. The summed E-state index contributed by atoms with van der Waals surface area (Å²) < 4.78 is 10.9. The summed E-state index contributed by atoms with van der Waals surface area (Å²) in [6.07, 6.45) is 4.51. The SMILES string of the molecule is CC(C)C(=O)OCC1CN(C(=O)CCNC(=O)OCC2[C@H]3CCC#CCC[C@@H]23)CCN1CC(=O)ON1CCCC1=O. The third-order valence-corrected chi connectivity index (χ3v) is 8.28. The number of hydroxylamine groups is 2. The van der Waals surface area contributed by atoms with Gasteiger partial charge in [0.25, 0.3) is 5.91 Å². The number of nitrogens with one attached hydrogen (secondary N) is 1. The second-order valence-corrected chi connectivity index (χ2v) is 11.5. The molecular weight excluding hydrogens is 532 g/mol. The molecule has 4 atom stereocenters. The van der Waals surface area contributed by atoms with Gasteiger partial charge >= 0.3 is 18.0 Å². The average molecular weight is 575 g/mol. The molecule has 0 aromatic rings. The summed E-state index contributed by atoms with van der Waals surface area (Å²) in [4.78, 5) is 70.2. The molecule has 3 amide bonds. The molecule has 2 aliphatic carbocycles. The van der Waals surface area contributed by atoms with Crippen molar-refractivity contribution in [2.45, 2.75) is 64.8 Å². The number of hydrogen-bond acceptors (Lipinski definition) is 9. The number of fused-ring (bicyclic) bond motifs is 1. The van der Waals surface area contributed by atoms with Crippen molar-refractivity contribution in [1.29, 1.82) is 0 Å². The molecule has 0 aromatic carbocycles. The molecule has 2 heterocycles. The molecule has 2 aliphatic heterocycles. The maximum absolute atomic E-state index is 12.9. The molecule has 0 bridgehead atoms. The van der Waals surface area contributed by atoms with Crippen LogP contribution in [0.5, 0.6) is 0 Å². The van der Waals surface area contributed by atoms with Crippen LogP contribution < -0.4 is 5.32 Å². The van der Waals surface area contributed by atoms with Crippen molar-refractivity contribution in [2.24, 2.45) is 23.7 Å². The van der Waals surface area contributed by atoms with Crippen molar-refractivity contribution in [3.05, 3.63) is 0 Å². The average Bonchev–Trinajstić information content (AvgIpc) is 3.40. The Morgan fingerprint density at radius 3 is 2.39 bits per heavy atom. The number of hydrogen-bond donors (Lipinski definition) is 1. The Balaban J connectivity index is 1.19. The van der Waals surface area contributed by atoms with Crippen molar-refractivity contribution >= 4 is 29.8 Å². The summed E-state index contributed by atoms with van der Waals surface area (Å²) >= 11 is 0. The molecular formula is C29H42N4O8. The summed E-state index contributed by atoms with van der Waals surface area (Å²) in [5.74, 6) is 6.30. The fourth-order valence-electron chi connectivity index (χ4n) is 5.80. The van der Waals surface area contributed by atoms with Gasteiger partial charge in [0, 0.05) is 51.9 Å². The molecule has 0 aromatic heterocycles. The zero-order valence-electron chi connectivity index (χ0n) is 24.1. The van der Waals surface area contributed by atoms with Crippen LogP contribution in [0.1, 0.15) is 58.8 Å². The van der Waals surface area contributed by atoms with Crippen LogP contribution in [0.4, 0.5) is 4.79 Å². The van der Waals surface area contributed by atoms with Crippen LogP contribution in [-0.4, -0.2) is 103 Å². The lowest BCUT2D eigenvalue weighted by Gasteiger charge is -2.40. The number of piperazine rings is 1. The molecule has 2 saturated heterocycles. The van der Waals surface area contributed by atoms with Crippen LogP contribution in [0.3, 0.4) is 0 Å². The fraction of sp³-hybridized carbons (Fsp3) is 0.759. The summed E-state index contributed by atoms with van der Waals surface area (Å²) in [6.45, 7) is 5.26. The molecule has 3 fully saturated rings. The lowest BCUT2D eigenvalue weighted by atomic mass is 10.1. The highest BCUT2D eigenvalue weighted by Crippen LogP contribution is 2.52. The minimum absolute atomic E-state index is 0.0105. The van der Waals surface area contributed by atoms with Gasteiger partial charge in [0.05, 0.1) is 31.7 Å². The second-order valence-electron chi connectivity index (χ2n) is 11.5. The highest BCUT2D eigenvalue weighted by atomic mass is 16.7. The topological polar surface area (TPSA) is 135 Å². The number of rotatable bonds is 11. The van der Waals surface area contributed by atoms with Gasteiger partial charge in [0.1, 0.15) is 6.61 Å². The molecule has 1 saturated carbocycles. The molecule has 12 nitrogen and oxygen atoms in total. The third kappa shape index (κ3) is 8.83. The monoisotopic (exact) mass is 574 g/mol. The maximum Gasteiger partial charge on any atom is 0.407 e. The smallest absolute Gasteiger partial charge is 0.407 e. The van der Waals surface area contributed by atoms with Crippen molar-refractivity contribution in [3.63, 3.8) is 0 Å². The first-order valence-electron chi connectivity index (χ1n) is 14.8. The Bertz CT molecular complexity index is 1040. The zero-order chi connectivity index (χ0) is 29.4. The van der Waals surface area contributed by atoms with Gasteiger partial charge in [-0.1, -0.05) is 13.8 Å². The zero-order valence-corrected chi connectivity index (χ0v) is 24.1. The number of esters is 1. The van der Waals surface area contributed by atoms with Crippen molar-refractivity contribution in [2.75, 3.05) is 52.5 Å². The minimum Gasteiger partial charge on any atom is -0.464 e. The summed E-state index contributed by atoms with van der Waals surface area (Å²) in [6, 6.07) is -0.420. The molecule has 0 spiro atoms. The van der Waals surface area contributed by atoms with Crippen LogP contribution in [0.2, 0.25) is 0 Å². The van der Waals surface area contributed by atoms with Gasteiger partial charge < -0.3 is 24.5 Å². The van der Waals surface area contributed by atoms with Gasteiger partial charge in [-0.25, -0.2) is 9.59 Å². The van der Waals surface area contributed by atoms with Gasteiger partial charge in [-0.15, -0.1) is 11.8 Å². The highest BCUT2D eigenvalue weighted by Gasteiger charge is 2.49. The van der Waals surface area contributed by atoms with E-state index in [1.165, 1.54) is 0 Å². The van der Waals surface area contributed by atoms with Crippen molar-refractivity contribution in [3.8, 4) is 11.8 Å². The first kappa shape index (κ1) is 30.6. The number of alkyl carbamates (subject to hydrolysis) is 1. The molecule has 41 heavy (non-hydrogen) atoms. The Morgan fingerprint density at radius 1 is 1.00 bits per heavy atom. The van der Waals surface area contributed by atoms with E-state index < -0.39 is 18.1 Å². The van der Waals surface area contributed by atoms with E-state index >= 15 is 0 Å². The van der Waals surface area contributed by atoms with E-state index in [9.17, 15) is 24.0 Å². The van der Waals surface area contributed by atoms with E-state index in [0.717, 1.165) is 30.7 Å². The van der Waals surface area contributed by atoms with E-state index in [-0.39, 0.29) is 56.4 Å². The van der Waals surface area contributed by atoms with Gasteiger partial charge in [-0.2, -0.15) is 5.06 Å². The van der Waals surface area contributed by atoms with Gasteiger partial charge in [0.15, 0.2) is 0 Å². The molecule has 1 N–H and O–H groups in total. The second kappa shape index (κ2) is 14.5. The predicted molar refractivity (Wildman–Crippen MR) is 145 cm³/mol.